The first-order chi connectivity index (χ1) is 15.2. The van der Waals surface area contributed by atoms with E-state index in [1.165, 1.54) is 0 Å². The predicted octanol–water partition coefficient (Wildman–Crippen LogP) is 4.83. The highest BCUT2D eigenvalue weighted by molar-refractivity contribution is 7.13. The summed E-state index contributed by atoms with van der Waals surface area (Å²) in [6.45, 7) is 5.46. The molecule has 6 nitrogen and oxygen atoms in total. The quantitative estimate of drug-likeness (QED) is 0.456. The number of thiophene rings is 1. The van der Waals surface area contributed by atoms with Crippen molar-refractivity contribution in [2.45, 2.75) is 26.3 Å². The summed E-state index contributed by atoms with van der Waals surface area (Å²) in [4.78, 5) is 24.0. The van der Waals surface area contributed by atoms with Gasteiger partial charge in [-0.25, -0.2) is 4.98 Å². The predicted molar refractivity (Wildman–Crippen MR) is 123 cm³/mol. The average Bonchev–Trinajstić information content (AvgIpc) is 3.52. The number of hydrogen-bond donors (Lipinski definition) is 2. The van der Waals surface area contributed by atoms with Crippen molar-refractivity contribution in [1.82, 2.24) is 20.2 Å². The Morgan fingerprint density at radius 2 is 2.23 bits per heavy atom. The van der Waals surface area contributed by atoms with Crippen LogP contribution in [0.1, 0.15) is 34.8 Å². The maximum atomic E-state index is 12.6. The van der Waals surface area contributed by atoms with Gasteiger partial charge in [-0.15, -0.1) is 11.3 Å². The maximum absolute atomic E-state index is 12.6. The van der Waals surface area contributed by atoms with Gasteiger partial charge >= 0.3 is 0 Å². The van der Waals surface area contributed by atoms with E-state index < -0.39 is 0 Å². The van der Waals surface area contributed by atoms with E-state index in [1.54, 1.807) is 11.3 Å². The summed E-state index contributed by atoms with van der Waals surface area (Å²) in [5.74, 6) is 1.99. The Labute approximate surface area is 185 Å². The van der Waals surface area contributed by atoms with Crippen molar-refractivity contribution in [3.63, 3.8) is 0 Å². The lowest BCUT2D eigenvalue weighted by Gasteiger charge is -2.32. The molecule has 5 rings (SSSR count). The minimum absolute atomic E-state index is 0.0405. The summed E-state index contributed by atoms with van der Waals surface area (Å²) >= 11 is 1.64. The van der Waals surface area contributed by atoms with Crippen LogP contribution in [-0.4, -0.2) is 40.4 Å². The number of carbonyl (C=O) groups is 1. The number of nitrogens with zero attached hydrogens (tertiary/aromatic N) is 2. The summed E-state index contributed by atoms with van der Waals surface area (Å²) in [7, 11) is 0. The van der Waals surface area contributed by atoms with Crippen LogP contribution in [0.5, 0.6) is 0 Å². The molecule has 2 N–H and O–H groups in total. The Morgan fingerprint density at radius 1 is 1.32 bits per heavy atom. The molecule has 1 fully saturated rings. The van der Waals surface area contributed by atoms with Crippen LogP contribution >= 0.6 is 11.3 Å². The van der Waals surface area contributed by atoms with Crippen molar-refractivity contribution in [1.29, 1.82) is 0 Å². The molecule has 1 aliphatic heterocycles. The normalized spacial score (nSPS) is 17.3. The number of H-pyrrole nitrogens is 1. The van der Waals surface area contributed by atoms with E-state index in [-0.39, 0.29) is 5.91 Å². The molecule has 1 aromatic carbocycles. The van der Waals surface area contributed by atoms with Gasteiger partial charge in [0.1, 0.15) is 11.5 Å². The Balaban J connectivity index is 1.17. The topological polar surface area (TPSA) is 74.2 Å². The summed E-state index contributed by atoms with van der Waals surface area (Å²) in [6.07, 6.45) is 2.25. The molecule has 0 saturated carbocycles. The van der Waals surface area contributed by atoms with Gasteiger partial charge < -0.3 is 14.7 Å². The van der Waals surface area contributed by atoms with Gasteiger partial charge in [0.15, 0.2) is 0 Å². The van der Waals surface area contributed by atoms with Crippen molar-refractivity contribution in [3.8, 4) is 10.8 Å². The fourth-order valence-electron chi connectivity index (χ4n) is 4.28. The highest BCUT2D eigenvalue weighted by Gasteiger charge is 2.23. The molecule has 1 saturated heterocycles. The first-order valence-electron chi connectivity index (χ1n) is 10.7. The highest BCUT2D eigenvalue weighted by atomic mass is 32.1. The van der Waals surface area contributed by atoms with E-state index in [2.05, 4.69) is 15.2 Å². The second-order valence-electron chi connectivity index (χ2n) is 8.22. The third-order valence-electron chi connectivity index (χ3n) is 5.93. The Hall–Kier alpha value is -2.90. The van der Waals surface area contributed by atoms with E-state index >= 15 is 0 Å². The van der Waals surface area contributed by atoms with Gasteiger partial charge in [0.2, 0.25) is 5.89 Å². The van der Waals surface area contributed by atoms with Crippen LogP contribution in [0.2, 0.25) is 0 Å². The number of piperidine rings is 1. The zero-order valence-corrected chi connectivity index (χ0v) is 18.4. The summed E-state index contributed by atoms with van der Waals surface area (Å²) < 4.78 is 5.89. The van der Waals surface area contributed by atoms with E-state index in [4.69, 9.17) is 9.40 Å². The standard InChI is InChI=1S/C24H26N4O2S/c1-16-21(27-24(30-16)22-9-5-11-31-22)15-28-10-4-6-17(14-28)13-25-23(29)20-12-18-7-2-3-8-19(18)26-20/h2-3,5,7-9,11-12,17,26H,4,6,10,13-15H2,1H3,(H,25,29)/t17-/m0/s1. The number of aromatic amines is 1. The molecule has 1 atom stereocenters. The number of rotatable bonds is 6. The van der Waals surface area contributed by atoms with Crippen LogP contribution in [-0.2, 0) is 6.54 Å². The molecular weight excluding hydrogens is 408 g/mol. The summed E-state index contributed by atoms with van der Waals surface area (Å²) in [6, 6.07) is 13.9. The molecule has 0 unspecified atom stereocenters. The molecule has 0 aliphatic carbocycles. The second-order valence-corrected chi connectivity index (χ2v) is 9.17. The lowest BCUT2D eigenvalue weighted by molar-refractivity contribution is 0.0926. The van der Waals surface area contributed by atoms with Crippen molar-refractivity contribution in [2.24, 2.45) is 5.92 Å². The van der Waals surface area contributed by atoms with Crippen LogP contribution in [0.3, 0.4) is 0 Å². The summed E-state index contributed by atoms with van der Waals surface area (Å²) in [5.41, 5.74) is 2.61. The number of aryl methyl sites for hydroxylation is 1. The zero-order chi connectivity index (χ0) is 21.2. The van der Waals surface area contributed by atoms with Gasteiger partial charge in [0, 0.05) is 30.5 Å². The monoisotopic (exact) mass is 434 g/mol. The molecule has 4 aromatic rings. The van der Waals surface area contributed by atoms with Crippen molar-refractivity contribution in [3.05, 3.63) is 65.0 Å². The van der Waals surface area contributed by atoms with Gasteiger partial charge in [0.05, 0.1) is 10.6 Å². The van der Waals surface area contributed by atoms with E-state index in [9.17, 15) is 4.79 Å². The Bertz CT molecular complexity index is 1140. The van der Waals surface area contributed by atoms with E-state index in [1.807, 2.05) is 54.8 Å². The van der Waals surface area contributed by atoms with Crippen LogP contribution in [0.25, 0.3) is 21.7 Å². The van der Waals surface area contributed by atoms with E-state index in [0.29, 0.717) is 24.0 Å². The van der Waals surface area contributed by atoms with Crippen molar-refractivity contribution >= 4 is 28.1 Å². The number of hydrogen-bond acceptors (Lipinski definition) is 5. The number of benzene rings is 1. The largest absolute Gasteiger partial charge is 0.440 e. The molecule has 3 aromatic heterocycles. The fraction of sp³-hybridized carbons (Fsp3) is 0.333. The molecule has 0 bridgehead atoms. The van der Waals surface area contributed by atoms with Crippen LogP contribution < -0.4 is 5.32 Å². The molecule has 160 valence electrons. The third kappa shape index (κ3) is 4.43. The number of fused-ring (bicyclic) bond motifs is 1. The molecule has 7 heteroatoms. The number of para-hydroxylation sites is 1. The SMILES string of the molecule is Cc1oc(-c2cccs2)nc1CN1CCC[C@@H](CNC(=O)c2cc3ccccc3[nH]2)C1. The molecule has 1 aliphatic rings. The van der Waals surface area contributed by atoms with Gasteiger partial charge in [0.25, 0.3) is 5.91 Å². The first-order valence-corrected chi connectivity index (χ1v) is 11.6. The number of amides is 1. The Kier molecular flexibility index (Phi) is 5.61. The third-order valence-corrected chi connectivity index (χ3v) is 6.78. The minimum Gasteiger partial charge on any atom is -0.440 e. The van der Waals surface area contributed by atoms with Crippen LogP contribution in [0.15, 0.2) is 52.3 Å². The van der Waals surface area contributed by atoms with Gasteiger partial charge in [-0.1, -0.05) is 24.3 Å². The van der Waals surface area contributed by atoms with Crippen LogP contribution in [0.4, 0.5) is 0 Å². The first kappa shape index (κ1) is 20.0. The van der Waals surface area contributed by atoms with Gasteiger partial charge in [-0.2, -0.15) is 0 Å². The smallest absolute Gasteiger partial charge is 0.267 e. The number of nitrogens with one attached hydrogen (secondary N) is 2. The lowest BCUT2D eigenvalue weighted by Crippen LogP contribution is -2.40. The molecular formula is C24H26N4O2S. The number of likely N-dealkylation sites (tertiary alicyclic amines) is 1. The number of aromatic nitrogens is 2. The highest BCUT2D eigenvalue weighted by Crippen LogP contribution is 2.27. The molecule has 0 spiro atoms. The number of carbonyl (C=O) groups excluding carboxylic acids is 1. The fourth-order valence-corrected chi connectivity index (χ4v) is 4.93. The lowest BCUT2D eigenvalue weighted by atomic mass is 9.97. The summed E-state index contributed by atoms with van der Waals surface area (Å²) in [5, 5.41) is 6.21. The van der Waals surface area contributed by atoms with Crippen molar-refractivity contribution in [2.75, 3.05) is 19.6 Å². The van der Waals surface area contributed by atoms with E-state index in [0.717, 1.165) is 59.7 Å². The molecule has 0 radical (unpaired) electrons. The Morgan fingerprint density at radius 3 is 3.06 bits per heavy atom. The van der Waals surface area contributed by atoms with Crippen molar-refractivity contribution < 1.29 is 9.21 Å². The minimum atomic E-state index is -0.0405. The zero-order valence-electron chi connectivity index (χ0n) is 17.6. The molecule has 1 amide bonds. The van der Waals surface area contributed by atoms with Gasteiger partial charge in [-0.05, 0) is 55.8 Å². The van der Waals surface area contributed by atoms with Gasteiger partial charge in [-0.3, -0.25) is 9.69 Å². The average molecular weight is 435 g/mol. The van der Waals surface area contributed by atoms with Crippen LogP contribution in [0, 0.1) is 12.8 Å². The molecule has 4 heterocycles. The molecule has 31 heavy (non-hydrogen) atoms. The second kappa shape index (κ2) is 8.69. The maximum Gasteiger partial charge on any atom is 0.267 e. The number of oxazole rings is 1.